The van der Waals surface area contributed by atoms with Crippen LogP contribution in [0.25, 0.3) is 44.5 Å². The molecule has 15 nitrogen and oxygen atoms in total. The Labute approximate surface area is 322 Å². The molecule has 0 radical (unpaired) electrons. The minimum Gasteiger partial charge on any atom is -0.453 e. The zero-order valence-electron chi connectivity index (χ0n) is 31.4. The molecule has 290 valence electrons. The van der Waals surface area contributed by atoms with E-state index in [0.717, 1.165) is 96.0 Å². The molecule has 0 bridgehead atoms. The summed E-state index contributed by atoms with van der Waals surface area (Å²) in [6.45, 7) is 1.22. The van der Waals surface area contributed by atoms with Gasteiger partial charge in [-0.1, -0.05) is 24.3 Å². The van der Waals surface area contributed by atoms with E-state index >= 15 is 0 Å². The maximum atomic E-state index is 13.7. The summed E-state index contributed by atoms with van der Waals surface area (Å²) in [7, 11) is 2.62. The van der Waals surface area contributed by atoms with Gasteiger partial charge in [-0.15, -0.1) is 0 Å². The van der Waals surface area contributed by atoms with Gasteiger partial charge < -0.3 is 39.9 Å². The Balaban J connectivity index is 0.905. The highest BCUT2D eigenvalue weighted by Gasteiger charge is 2.44. The molecule has 2 unspecified atom stereocenters. The Morgan fingerprint density at radius 2 is 1.27 bits per heavy atom. The fourth-order valence-electron chi connectivity index (χ4n) is 8.44. The monoisotopic (exact) mass is 759 g/mol. The molecule has 2 aliphatic carbocycles. The number of aromatic nitrogens is 5. The Morgan fingerprint density at radius 3 is 1.86 bits per heavy atom. The van der Waals surface area contributed by atoms with Crippen LogP contribution in [0.1, 0.15) is 75.1 Å². The van der Waals surface area contributed by atoms with E-state index in [4.69, 9.17) is 24.4 Å². The van der Waals surface area contributed by atoms with Crippen molar-refractivity contribution in [2.75, 3.05) is 27.3 Å². The summed E-state index contributed by atoms with van der Waals surface area (Å²) >= 11 is 0. The van der Waals surface area contributed by atoms with E-state index in [9.17, 15) is 19.2 Å². The molecule has 2 aliphatic heterocycles. The topological polar surface area (TPSA) is 188 Å². The van der Waals surface area contributed by atoms with Crippen molar-refractivity contribution in [2.45, 2.75) is 75.5 Å². The molecule has 5 heterocycles. The molecule has 15 heteroatoms. The molecule has 2 aromatic carbocycles. The SMILES string of the molecule is COC(=O)NC(C(=O)N1CCC[C@H]1c1ncc(-c2ccc3cc(-c4ccc5[nH]c([C@@H]6CCCN6C(=O)C(NC(=O)OC)C6CC6)nc5n4)ccc3c2)[nH]1)C1CC1. The number of pyridine rings is 1. The Bertz CT molecular complexity index is 2330. The first-order chi connectivity index (χ1) is 27.3. The average molecular weight is 760 g/mol. The number of fused-ring (bicyclic) bond motifs is 2. The summed E-state index contributed by atoms with van der Waals surface area (Å²) < 4.78 is 9.58. The highest BCUT2D eigenvalue weighted by molar-refractivity contribution is 5.91. The minimum absolute atomic E-state index is 0.0816. The molecule has 2 saturated carbocycles. The summed E-state index contributed by atoms with van der Waals surface area (Å²) in [5.41, 5.74) is 4.97. The van der Waals surface area contributed by atoms with Crippen LogP contribution in [0, 0.1) is 11.8 Å². The number of amides is 4. The van der Waals surface area contributed by atoms with Gasteiger partial charge in [0.2, 0.25) is 11.8 Å². The number of nitrogens with zero attached hydrogens (tertiary/aromatic N) is 5. The molecule has 4 amide bonds. The fraction of sp³-hybridized carbons (Fsp3) is 0.439. The third kappa shape index (κ3) is 6.90. The molecule has 3 aromatic heterocycles. The molecule has 4 fully saturated rings. The van der Waals surface area contributed by atoms with Gasteiger partial charge >= 0.3 is 12.2 Å². The van der Waals surface area contributed by atoms with Crippen molar-refractivity contribution < 1.29 is 28.7 Å². The number of likely N-dealkylation sites (tertiary alicyclic amines) is 2. The summed E-state index contributed by atoms with van der Waals surface area (Å²) in [4.78, 5) is 76.4. The molecular formula is C41H45N9O6. The number of carbonyl (C=O) groups excluding carboxylic acids is 4. The number of hydrogen-bond acceptors (Lipinski definition) is 9. The largest absolute Gasteiger partial charge is 0.453 e. The van der Waals surface area contributed by atoms with Crippen molar-refractivity contribution in [2.24, 2.45) is 11.8 Å². The van der Waals surface area contributed by atoms with Crippen molar-refractivity contribution in [1.82, 2.24) is 45.4 Å². The van der Waals surface area contributed by atoms with E-state index in [2.05, 4.69) is 57.0 Å². The Kier molecular flexibility index (Phi) is 9.30. The third-order valence-corrected chi connectivity index (χ3v) is 11.7. The van der Waals surface area contributed by atoms with Gasteiger partial charge in [-0.2, -0.15) is 0 Å². The van der Waals surface area contributed by atoms with Gasteiger partial charge in [0, 0.05) is 24.2 Å². The van der Waals surface area contributed by atoms with Crippen LogP contribution in [0.2, 0.25) is 0 Å². The van der Waals surface area contributed by atoms with Crippen LogP contribution in [0.5, 0.6) is 0 Å². The molecule has 56 heavy (non-hydrogen) atoms. The summed E-state index contributed by atoms with van der Waals surface area (Å²) in [5, 5.41) is 7.63. The van der Waals surface area contributed by atoms with Gasteiger partial charge in [-0.3, -0.25) is 9.59 Å². The lowest BCUT2D eigenvalue weighted by Gasteiger charge is -2.28. The second-order valence-electron chi connectivity index (χ2n) is 15.4. The molecule has 2 saturated heterocycles. The summed E-state index contributed by atoms with van der Waals surface area (Å²) in [5.74, 6) is 1.53. The first-order valence-electron chi connectivity index (χ1n) is 19.5. The van der Waals surface area contributed by atoms with E-state index in [1.165, 1.54) is 14.2 Å². The van der Waals surface area contributed by atoms with Gasteiger partial charge in [0.15, 0.2) is 5.65 Å². The number of rotatable bonds is 10. The van der Waals surface area contributed by atoms with E-state index < -0.39 is 24.3 Å². The average Bonchev–Trinajstić information content (AvgIpc) is 3.97. The van der Waals surface area contributed by atoms with Gasteiger partial charge in [0.05, 0.1) is 49.4 Å². The van der Waals surface area contributed by atoms with E-state index in [1.807, 2.05) is 28.1 Å². The number of hydrogen-bond donors (Lipinski definition) is 4. The molecule has 9 rings (SSSR count). The molecule has 0 spiro atoms. The maximum Gasteiger partial charge on any atom is 0.407 e. The van der Waals surface area contributed by atoms with Gasteiger partial charge in [-0.25, -0.2) is 24.5 Å². The van der Waals surface area contributed by atoms with Crippen LogP contribution in [0.3, 0.4) is 0 Å². The van der Waals surface area contributed by atoms with Crippen LogP contribution < -0.4 is 10.6 Å². The Hall–Kier alpha value is -5.99. The van der Waals surface area contributed by atoms with Crippen molar-refractivity contribution >= 4 is 45.9 Å². The van der Waals surface area contributed by atoms with Crippen molar-refractivity contribution in [3.63, 3.8) is 0 Å². The predicted octanol–water partition coefficient (Wildman–Crippen LogP) is 5.76. The number of imidazole rings is 2. The van der Waals surface area contributed by atoms with Gasteiger partial charge in [0.25, 0.3) is 0 Å². The number of ether oxygens (including phenoxy) is 2. The maximum absolute atomic E-state index is 13.7. The fourth-order valence-corrected chi connectivity index (χ4v) is 8.44. The van der Waals surface area contributed by atoms with Crippen molar-refractivity contribution in [3.8, 4) is 22.5 Å². The van der Waals surface area contributed by atoms with E-state index in [-0.39, 0.29) is 35.7 Å². The standard InChI is InChI=1S/C41H45N9O6/c1-55-40(53)46-33(22-7-8-22)38(51)49-17-3-5-31(49)36-42-21-30(45-36)27-14-12-24-19-26(13-11-25(24)20-27)28-15-16-29-35(43-28)48-37(44-29)32-6-4-18-50(32)39(52)34(23-9-10-23)47-41(54)56-2/h11-16,19-23,31-34H,3-10,17-18H2,1-2H3,(H,42,45)(H,46,53)(H,47,54)(H,43,44,48)/t31-,32-,33?,34?/m0/s1. The van der Waals surface area contributed by atoms with Crippen LogP contribution in [0.15, 0.2) is 54.7 Å². The number of methoxy groups -OCH3 is 2. The van der Waals surface area contributed by atoms with Crippen molar-refractivity contribution in [1.29, 1.82) is 0 Å². The quantitative estimate of drug-likeness (QED) is 0.137. The molecule has 4 N–H and O–H groups in total. The smallest absolute Gasteiger partial charge is 0.407 e. The number of carbonyl (C=O) groups is 4. The van der Waals surface area contributed by atoms with E-state index in [1.54, 1.807) is 0 Å². The summed E-state index contributed by atoms with van der Waals surface area (Å²) in [6, 6.07) is 14.9. The lowest BCUT2D eigenvalue weighted by molar-refractivity contribution is -0.135. The van der Waals surface area contributed by atoms with Crippen LogP contribution in [0.4, 0.5) is 9.59 Å². The number of aromatic amines is 2. The lowest BCUT2D eigenvalue weighted by Crippen LogP contribution is -2.49. The molecule has 4 atom stereocenters. The second kappa shape index (κ2) is 14.6. The van der Waals surface area contributed by atoms with Crippen LogP contribution in [-0.2, 0) is 19.1 Å². The Morgan fingerprint density at radius 1 is 0.696 bits per heavy atom. The molecule has 4 aliphatic rings. The van der Waals surface area contributed by atoms with Crippen LogP contribution >= 0.6 is 0 Å². The highest BCUT2D eigenvalue weighted by atomic mass is 16.5. The van der Waals surface area contributed by atoms with E-state index in [0.29, 0.717) is 24.6 Å². The second-order valence-corrected chi connectivity index (χ2v) is 15.4. The lowest BCUT2D eigenvalue weighted by atomic mass is 10.0. The molecular weight excluding hydrogens is 715 g/mol. The first kappa shape index (κ1) is 35.7. The number of H-pyrrole nitrogens is 2. The zero-order valence-corrected chi connectivity index (χ0v) is 31.4. The normalized spacial score (nSPS) is 20.6. The molecule has 5 aromatic rings. The zero-order chi connectivity index (χ0) is 38.5. The number of benzene rings is 2. The summed E-state index contributed by atoms with van der Waals surface area (Å²) in [6.07, 6.45) is 7.55. The number of nitrogens with one attached hydrogen (secondary N) is 4. The third-order valence-electron chi connectivity index (χ3n) is 11.7. The van der Waals surface area contributed by atoms with Crippen molar-refractivity contribution in [3.05, 3.63) is 66.4 Å². The predicted molar refractivity (Wildman–Crippen MR) is 206 cm³/mol. The van der Waals surface area contributed by atoms with Crippen LogP contribution in [-0.4, -0.2) is 98.1 Å². The highest BCUT2D eigenvalue weighted by Crippen LogP contribution is 2.39. The number of alkyl carbamates (subject to hydrolysis) is 2. The first-order valence-corrected chi connectivity index (χ1v) is 19.5. The van der Waals surface area contributed by atoms with Gasteiger partial charge in [0.1, 0.15) is 23.7 Å². The minimum atomic E-state index is -0.595. The van der Waals surface area contributed by atoms with Gasteiger partial charge in [-0.05, 0) is 98.2 Å².